The molecule has 8 atom stereocenters. The van der Waals surface area contributed by atoms with E-state index in [2.05, 4.69) is 56.5 Å². The third kappa shape index (κ3) is 7.36. The number of carbonyl (C=O) groups excluding carboxylic acids is 1. The summed E-state index contributed by atoms with van der Waals surface area (Å²) in [5.41, 5.74) is 3.34. The predicted molar refractivity (Wildman–Crippen MR) is 219 cm³/mol. The van der Waals surface area contributed by atoms with Gasteiger partial charge in [0.25, 0.3) is 5.91 Å². The minimum atomic E-state index is -2.96. The zero-order valence-electron chi connectivity index (χ0n) is 32.4. The number of anilines is 1. The molecule has 1 amide bonds. The van der Waals surface area contributed by atoms with Crippen LogP contribution in [-0.2, 0) is 31.0 Å². The predicted octanol–water partition coefficient (Wildman–Crippen LogP) is 5.98. The summed E-state index contributed by atoms with van der Waals surface area (Å²) in [5, 5.41) is 0.437. The third-order valence-corrected chi connectivity index (χ3v) is 16.5. The van der Waals surface area contributed by atoms with Gasteiger partial charge in [0.05, 0.1) is 40.8 Å². The normalized spacial score (nSPS) is 36.8. The van der Waals surface area contributed by atoms with Crippen molar-refractivity contribution in [3.63, 3.8) is 0 Å². The topological polar surface area (TPSA) is 83.6 Å². The molecule has 4 heterocycles. The van der Waals surface area contributed by atoms with Crippen LogP contribution in [0, 0.1) is 17.8 Å². The van der Waals surface area contributed by atoms with Crippen LogP contribution in [-0.4, -0.2) is 115 Å². The quantitative estimate of drug-likeness (QED) is 0.300. The van der Waals surface area contributed by atoms with Crippen LogP contribution in [0.25, 0.3) is 0 Å². The lowest BCUT2D eigenvalue weighted by Crippen LogP contribution is -2.59. The first-order chi connectivity index (χ1) is 26.0. The molecule has 1 unspecified atom stereocenters. The maximum Gasteiger partial charge on any atom is 0.262 e. The number of piperazine rings is 1. The van der Waals surface area contributed by atoms with Crippen LogP contribution in [0.2, 0.25) is 5.02 Å². The molecule has 0 aromatic heterocycles. The molecule has 2 aromatic carbocycles. The molecule has 6 aliphatic rings. The number of fused-ring (bicyclic) bond motifs is 5. The smallest absolute Gasteiger partial charge is 0.262 e. The Morgan fingerprint density at radius 1 is 1.11 bits per heavy atom. The van der Waals surface area contributed by atoms with Gasteiger partial charge in [-0.1, -0.05) is 36.7 Å². The van der Waals surface area contributed by atoms with Gasteiger partial charge in [0.2, 0.25) is 0 Å². The molecule has 3 fully saturated rings. The van der Waals surface area contributed by atoms with E-state index in [-0.39, 0.29) is 22.5 Å². The molecule has 11 heteroatoms. The monoisotopic (exact) mass is 778 g/mol. The Hall–Kier alpha value is -2.60. The summed E-state index contributed by atoms with van der Waals surface area (Å²) in [6.45, 7) is 13.0. The van der Waals surface area contributed by atoms with Crippen molar-refractivity contribution < 1.29 is 23.2 Å². The Labute approximate surface area is 327 Å². The van der Waals surface area contributed by atoms with Crippen molar-refractivity contribution in [3.8, 4) is 5.75 Å². The molecular weight excluding hydrogens is 720 g/mol. The molecule has 2 aliphatic carbocycles. The summed E-state index contributed by atoms with van der Waals surface area (Å²) in [7, 11) is -1.06. The van der Waals surface area contributed by atoms with Gasteiger partial charge in [0, 0.05) is 80.2 Å². The van der Waals surface area contributed by atoms with Crippen molar-refractivity contribution in [2.24, 2.45) is 17.8 Å². The Kier molecular flexibility index (Phi) is 10.9. The molecule has 2 aromatic rings. The van der Waals surface area contributed by atoms with Crippen molar-refractivity contribution in [2.75, 3.05) is 77.6 Å². The fraction of sp³-hybridized carbons (Fsp3) is 0.628. The van der Waals surface area contributed by atoms with E-state index in [0.717, 1.165) is 120 Å². The van der Waals surface area contributed by atoms with E-state index in [9.17, 15) is 9.00 Å². The lowest BCUT2D eigenvalue weighted by Gasteiger charge is -2.51. The number of ether oxygens (including phenoxy) is 3. The van der Waals surface area contributed by atoms with E-state index in [4.69, 9.17) is 25.8 Å². The SMILES string of the molecule is C=S1(=O)NC(=O)c2ccc3c(c2)N(C[C@@H]2CC[C@H]2[C@@](CCN2CCN4CCOC[C@@H]4C2)(OC)/C=C/C[C@H](C)[C@H]1C)C[C@@]1(CCCc2cc(Cl)ccc21)CO3. The summed E-state index contributed by atoms with van der Waals surface area (Å²) < 4.78 is 36.3. The van der Waals surface area contributed by atoms with Crippen LogP contribution >= 0.6 is 11.6 Å². The summed E-state index contributed by atoms with van der Waals surface area (Å²) in [6, 6.07) is 12.5. The summed E-state index contributed by atoms with van der Waals surface area (Å²) in [5.74, 6) is 5.24. The number of halogens is 1. The van der Waals surface area contributed by atoms with Crippen LogP contribution in [0.3, 0.4) is 0 Å². The van der Waals surface area contributed by atoms with Crippen LogP contribution < -0.4 is 14.4 Å². The standard InChI is InChI=1S/C43H59ClN4O5S/c1-30-7-5-16-43(51-3,17-18-46-19-20-47-21-22-52-27-36(47)26-46)38-12-9-34(38)25-48-28-42(15-6-8-32-23-35(44)11-13-37(32)42)29-53-40-14-10-33(24-39(40)48)41(49)45-54(4,50)31(30)2/h5,10-11,13-14,16,23-24,30-31,34,36,38H,4,6-9,12,15,17-22,25-29H2,1-3H3,(H,45,49,50)/b16-5+/t30-,31+,34-,36-,38+,42-,43+,54?/m0/s1. The van der Waals surface area contributed by atoms with Crippen LogP contribution in [0.4, 0.5) is 5.69 Å². The second kappa shape index (κ2) is 15.4. The molecule has 2 bridgehead atoms. The number of amides is 1. The van der Waals surface area contributed by atoms with Gasteiger partial charge in [-0.2, -0.15) is 0 Å². The van der Waals surface area contributed by atoms with Crippen LogP contribution in [0.15, 0.2) is 48.6 Å². The van der Waals surface area contributed by atoms with Crippen molar-refractivity contribution in [1.29, 1.82) is 0 Å². The second-order valence-corrected chi connectivity index (χ2v) is 20.0. The molecule has 9 nitrogen and oxygen atoms in total. The molecule has 1 spiro atoms. The van der Waals surface area contributed by atoms with Crippen molar-refractivity contribution in [1.82, 2.24) is 14.5 Å². The average molecular weight is 779 g/mol. The maximum atomic E-state index is 14.1. The molecule has 294 valence electrons. The van der Waals surface area contributed by atoms with Gasteiger partial charge in [-0.05, 0) is 117 Å². The van der Waals surface area contributed by atoms with E-state index < -0.39 is 15.3 Å². The first-order valence-corrected chi connectivity index (χ1v) is 22.4. The molecule has 0 radical (unpaired) electrons. The number of rotatable bonds is 4. The number of nitrogens with zero attached hydrogens (tertiary/aromatic N) is 3. The highest BCUT2D eigenvalue weighted by Crippen LogP contribution is 2.50. The summed E-state index contributed by atoms with van der Waals surface area (Å²) >= 11 is 6.53. The zero-order chi connectivity index (χ0) is 37.7. The van der Waals surface area contributed by atoms with E-state index >= 15 is 0 Å². The number of hydrogen-bond acceptors (Lipinski definition) is 8. The van der Waals surface area contributed by atoms with Crippen molar-refractivity contribution >= 4 is 38.8 Å². The van der Waals surface area contributed by atoms with Crippen LogP contribution in [0.1, 0.15) is 73.9 Å². The Balaban J connectivity index is 1.16. The first kappa shape index (κ1) is 38.3. The largest absolute Gasteiger partial charge is 0.490 e. The number of carbonyl (C=O) groups is 1. The Bertz CT molecular complexity index is 1860. The second-order valence-electron chi connectivity index (χ2n) is 17.2. The zero-order valence-corrected chi connectivity index (χ0v) is 34.0. The minimum Gasteiger partial charge on any atom is -0.490 e. The highest BCUT2D eigenvalue weighted by molar-refractivity contribution is 7.99. The summed E-state index contributed by atoms with van der Waals surface area (Å²) in [4.78, 5) is 21.5. The summed E-state index contributed by atoms with van der Waals surface area (Å²) in [6.07, 6.45) is 11.5. The highest BCUT2D eigenvalue weighted by atomic mass is 35.5. The van der Waals surface area contributed by atoms with Gasteiger partial charge in [-0.25, -0.2) is 4.21 Å². The number of benzene rings is 2. The first-order valence-electron chi connectivity index (χ1n) is 20.2. The Morgan fingerprint density at radius 2 is 1.98 bits per heavy atom. The average Bonchev–Trinajstić information content (AvgIpc) is 3.30. The number of morpholine rings is 1. The fourth-order valence-electron chi connectivity index (χ4n) is 10.4. The minimum absolute atomic E-state index is 0.0333. The van der Waals surface area contributed by atoms with Gasteiger partial charge in [0.15, 0.2) is 0 Å². The molecule has 8 rings (SSSR count). The Morgan fingerprint density at radius 3 is 2.80 bits per heavy atom. The van der Waals surface area contributed by atoms with Crippen molar-refractivity contribution in [2.45, 2.75) is 81.1 Å². The number of allylic oxidation sites excluding steroid dienone is 1. The number of aryl methyl sites for hydroxylation is 1. The molecule has 1 saturated carbocycles. The van der Waals surface area contributed by atoms with E-state index in [1.54, 1.807) is 6.07 Å². The van der Waals surface area contributed by atoms with Gasteiger partial charge in [-0.3, -0.25) is 14.4 Å². The lowest BCUT2D eigenvalue weighted by atomic mass is 9.62. The molecule has 54 heavy (non-hydrogen) atoms. The number of hydrogen-bond donors (Lipinski definition) is 1. The lowest BCUT2D eigenvalue weighted by molar-refractivity contribution is -0.0898. The van der Waals surface area contributed by atoms with Gasteiger partial charge < -0.3 is 24.0 Å². The van der Waals surface area contributed by atoms with E-state index in [0.29, 0.717) is 30.0 Å². The van der Waals surface area contributed by atoms with Gasteiger partial charge in [0.1, 0.15) is 5.75 Å². The fourth-order valence-corrected chi connectivity index (χ4v) is 12.1. The van der Waals surface area contributed by atoms with Crippen molar-refractivity contribution in [3.05, 3.63) is 70.3 Å². The molecular formula is C43H59ClN4O5S. The molecule has 2 saturated heterocycles. The van der Waals surface area contributed by atoms with Crippen LogP contribution in [0.5, 0.6) is 5.75 Å². The number of methoxy groups -OCH3 is 1. The maximum absolute atomic E-state index is 14.1. The van der Waals surface area contributed by atoms with Gasteiger partial charge >= 0.3 is 0 Å². The highest BCUT2D eigenvalue weighted by Gasteiger charge is 2.49. The van der Waals surface area contributed by atoms with E-state index in [1.165, 1.54) is 11.1 Å². The van der Waals surface area contributed by atoms with E-state index in [1.807, 2.05) is 32.2 Å². The molecule has 4 aliphatic heterocycles. The number of nitrogens with one attached hydrogen (secondary N) is 1. The third-order valence-electron chi connectivity index (χ3n) is 14.1. The molecule has 1 N–H and O–H groups in total. The van der Waals surface area contributed by atoms with Gasteiger partial charge in [-0.15, -0.1) is 0 Å².